The molecule has 0 bridgehead atoms. The molecule has 2 heterocycles. The van der Waals surface area contributed by atoms with E-state index in [1.807, 2.05) is 41.0 Å². The van der Waals surface area contributed by atoms with E-state index in [9.17, 15) is 19.8 Å². The molecule has 0 aliphatic carbocycles. The van der Waals surface area contributed by atoms with Crippen LogP contribution in [0.1, 0.15) is 32.1 Å². The molecule has 49 heavy (non-hydrogen) atoms. The molecular formula is C41H33N2O5Se+. The van der Waals surface area contributed by atoms with Crippen LogP contribution < -0.4 is 13.9 Å². The Morgan fingerprint density at radius 2 is 1.27 bits per heavy atom. The number of carboxylic acid groups (broad SMARTS) is 2. The number of aryl methyl sites for hydroxylation is 1. The number of oxazole rings is 1. The molecule has 1 aliphatic rings. The van der Waals surface area contributed by atoms with Gasteiger partial charge in [0.1, 0.15) is 0 Å². The van der Waals surface area contributed by atoms with Crippen LogP contribution in [0.2, 0.25) is 0 Å². The van der Waals surface area contributed by atoms with Crippen LogP contribution in [-0.2, 0) is 16.1 Å². The maximum absolute atomic E-state index is 11.9. The van der Waals surface area contributed by atoms with Gasteiger partial charge in [-0.3, -0.25) is 0 Å². The zero-order chi connectivity index (χ0) is 33.6. The van der Waals surface area contributed by atoms with Gasteiger partial charge in [-0.25, -0.2) is 0 Å². The number of fused-ring (bicyclic) bond motifs is 12. The number of carboxylic acids is 2. The van der Waals surface area contributed by atoms with Gasteiger partial charge in [-0.15, -0.1) is 0 Å². The molecule has 0 amide bonds. The molecular weight excluding hydrogens is 679 g/mol. The van der Waals surface area contributed by atoms with Crippen molar-refractivity contribution in [3.8, 4) is 0 Å². The molecule has 8 rings (SSSR count). The van der Waals surface area contributed by atoms with Crippen molar-refractivity contribution in [1.29, 1.82) is 0 Å². The zero-order valence-electron chi connectivity index (χ0n) is 26.8. The molecule has 1 aromatic heterocycles. The Balaban J connectivity index is 1.33. The van der Waals surface area contributed by atoms with Gasteiger partial charge in [-0.2, -0.15) is 0 Å². The van der Waals surface area contributed by atoms with E-state index in [4.69, 9.17) is 4.42 Å². The van der Waals surface area contributed by atoms with Gasteiger partial charge in [0, 0.05) is 0 Å². The Bertz CT molecular complexity index is 2550. The van der Waals surface area contributed by atoms with Crippen LogP contribution in [-0.4, -0.2) is 43.7 Å². The molecule has 6 aromatic carbocycles. The van der Waals surface area contributed by atoms with Gasteiger partial charge in [-0.05, 0) is 0 Å². The Morgan fingerprint density at radius 3 is 1.90 bits per heavy atom. The number of nitrogens with zero attached hydrogens (tertiary/aromatic N) is 2. The number of aromatic nitrogens is 1. The number of carbonyl (C=O) groups is 2. The van der Waals surface area contributed by atoms with Crippen LogP contribution in [0.25, 0.3) is 60.3 Å². The third kappa shape index (κ3) is 5.34. The number of hydrogen-bond acceptors (Lipinski definition) is 4. The Labute approximate surface area is 288 Å². The molecule has 2 N–H and O–H groups in total. The summed E-state index contributed by atoms with van der Waals surface area (Å²) in [5.41, 5.74) is 3.71. The van der Waals surface area contributed by atoms with E-state index < -0.39 is 11.9 Å². The third-order valence-electron chi connectivity index (χ3n) is 9.33. The standard InChI is InChI=1S/C41H32N2O5Se/c1-2-25(23-34-42(21-19-36(44)45)38-30-15-7-3-11-26(30)28-13-5-9-17-32(28)40(38)48-34)24-35-43(22-20-37(46)47)39-31-16-8-4-12-27(31)29-14-6-10-18-33(29)41(39)49-35/h3-18,23-24H,2,19-22H2,1H3,(H-,44,45,46,47)/p+1. The first kappa shape index (κ1) is 30.9. The number of benzene rings is 6. The Hall–Kier alpha value is -5.43. The summed E-state index contributed by atoms with van der Waals surface area (Å²) in [6.45, 7) is 2.71. The summed E-state index contributed by atoms with van der Waals surface area (Å²) >= 11 is -0.0920. The van der Waals surface area contributed by atoms with E-state index in [0.717, 1.165) is 59.3 Å². The first-order chi connectivity index (χ1) is 23.9. The molecule has 7 nitrogen and oxygen atoms in total. The minimum atomic E-state index is -0.875. The number of rotatable bonds is 9. The van der Waals surface area contributed by atoms with Crippen LogP contribution in [0.3, 0.4) is 0 Å². The SMILES string of the molecule is CCC(/C=C1\[Se]c2c(c3ccccc3c3ccccc23)N1CCC(=O)O)=C\c1oc2c3ccccc3c3ccccc3c2[n+]1CCC(=O)O. The van der Waals surface area contributed by atoms with Gasteiger partial charge in [0.2, 0.25) is 0 Å². The predicted octanol–water partition coefficient (Wildman–Crippen LogP) is 7.77. The third-order valence-corrected chi connectivity index (χ3v) is 11.8. The molecule has 7 aromatic rings. The van der Waals surface area contributed by atoms with E-state index in [1.54, 1.807) is 0 Å². The normalized spacial score (nSPS) is 14.2. The quantitative estimate of drug-likeness (QED) is 0.0903. The van der Waals surface area contributed by atoms with Gasteiger partial charge >= 0.3 is 289 Å². The molecule has 0 atom stereocenters. The second-order valence-corrected chi connectivity index (χ2v) is 14.4. The van der Waals surface area contributed by atoms with Gasteiger partial charge in [0.25, 0.3) is 0 Å². The van der Waals surface area contributed by atoms with Crippen LogP contribution in [0.5, 0.6) is 0 Å². The fourth-order valence-corrected chi connectivity index (χ4v) is 9.86. The summed E-state index contributed by atoms with van der Waals surface area (Å²) in [5.74, 6) is -1.13. The van der Waals surface area contributed by atoms with E-state index in [1.165, 1.54) is 15.2 Å². The molecule has 242 valence electrons. The fraction of sp³-hybridized carbons (Fsp3) is 0.146. The second kappa shape index (κ2) is 12.5. The van der Waals surface area contributed by atoms with Crippen molar-refractivity contribution in [3.05, 3.63) is 119 Å². The molecule has 8 heteroatoms. The molecule has 0 fully saturated rings. The summed E-state index contributed by atoms with van der Waals surface area (Å²) in [6, 6.07) is 33.2. The van der Waals surface area contributed by atoms with Gasteiger partial charge in [-0.1, -0.05) is 0 Å². The van der Waals surface area contributed by atoms with Crippen LogP contribution >= 0.6 is 0 Å². The van der Waals surface area contributed by atoms with Gasteiger partial charge < -0.3 is 0 Å². The topological polar surface area (TPSA) is 94.9 Å². The predicted molar refractivity (Wildman–Crippen MR) is 196 cm³/mol. The monoisotopic (exact) mass is 713 g/mol. The summed E-state index contributed by atoms with van der Waals surface area (Å²) in [4.78, 5) is 25.9. The number of hydrogen-bond donors (Lipinski definition) is 2. The number of anilines is 1. The maximum atomic E-state index is 11.9. The number of aliphatic carboxylic acids is 2. The van der Waals surface area contributed by atoms with Crippen LogP contribution in [0.4, 0.5) is 5.69 Å². The van der Waals surface area contributed by atoms with Crippen molar-refractivity contribution in [2.45, 2.75) is 32.7 Å². The summed E-state index contributed by atoms with van der Waals surface area (Å²) in [5, 5.41) is 28.3. The molecule has 0 saturated carbocycles. The molecule has 1 aliphatic heterocycles. The average molecular weight is 713 g/mol. The van der Waals surface area contributed by atoms with Crippen molar-refractivity contribution < 1.29 is 28.8 Å². The zero-order valence-corrected chi connectivity index (χ0v) is 28.6. The van der Waals surface area contributed by atoms with Crippen molar-refractivity contribution in [3.63, 3.8) is 0 Å². The average Bonchev–Trinajstić information content (AvgIpc) is 3.68. The van der Waals surface area contributed by atoms with E-state index >= 15 is 0 Å². The van der Waals surface area contributed by atoms with Crippen molar-refractivity contribution in [2.75, 3.05) is 11.4 Å². The minimum absolute atomic E-state index is 0.0120. The van der Waals surface area contributed by atoms with Crippen LogP contribution in [0.15, 0.2) is 118 Å². The Kier molecular flexibility index (Phi) is 7.91. The summed E-state index contributed by atoms with van der Waals surface area (Å²) < 4.78 is 11.1. The second-order valence-electron chi connectivity index (χ2n) is 12.2. The van der Waals surface area contributed by atoms with E-state index in [2.05, 4.69) is 84.6 Å². The van der Waals surface area contributed by atoms with Crippen molar-refractivity contribution >= 4 is 97.3 Å². The van der Waals surface area contributed by atoms with E-state index in [0.29, 0.717) is 18.9 Å². The first-order valence-corrected chi connectivity index (χ1v) is 18.1. The first-order valence-electron chi connectivity index (χ1n) is 16.4. The van der Waals surface area contributed by atoms with Gasteiger partial charge in [0.15, 0.2) is 0 Å². The molecule has 0 radical (unpaired) electrons. The van der Waals surface area contributed by atoms with Crippen LogP contribution in [0, 0.1) is 0 Å². The van der Waals surface area contributed by atoms with Crippen molar-refractivity contribution in [1.82, 2.24) is 0 Å². The molecule has 0 saturated heterocycles. The summed E-state index contributed by atoms with van der Waals surface area (Å²) in [6.07, 6.45) is 4.88. The molecule has 0 unspecified atom stereocenters. The fourth-order valence-electron chi connectivity index (χ4n) is 7.10. The molecule has 0 spiro atoms. The Morgan fingerprint density at radius 1 is 0.735 bits per heavy atom. The van der Waals surface area contributed by atoms with E-state index in [-0.39, 0.29) is 34.3 Å². The van der Waals surface area contributed by atoms with Gasteiger partial charge in [0.05, 0.1) is 0 Å². The number of allylic oxidation sites excluding steroid dienone is 2. The summed E-state index contributed by atoms with van der Waals surface area (Å²) in [7, 11) is 0. The van der Waals surface area contributed by atoms with Crippen molar-refractivity contribution in [2.24, 2.45) is 0 Å².